The molecule has 0 saturated carbocycles. The predicted octanol–water partition coefficient (Wildman–Crippen LogP) is 2.83. The summed E-state index contributed by atoms with van der Waals surface area (Å²) in [6.45, 7) is 0. The minimum absolute atomic E-state index is 0.948. The highest BCUT2D eigenvalue weighted by Crippen LogP contribution is 2.18. The molecule has 0 radical (unpaired) electrons. The molecule has 1 heterocycles. The van der Waals surface area contributed by atoms with Gasteiger partial charge in [-0.05, 0) is 11.4 Å². The van der Waals surface area contributed by atoms with Gasteiger partial charge in [-0.15, -0.1) is 11.3 Å². The summed E-state index contributed by atoms with van der Waals surface area (Å²) < 4.78 is 0.948. The lowest BCUT2D eigenvalue weighted by atomic mass is 10.5. The van der Waals surface area contributed by atoms with Gasteiger partial charge >= 0.3 is 0 Å². The van der Waals surface area contributed by atoms with Crippen LogP contribution in [-0.2, 0) is 5.75 Å². The van der Waals surface area contributed by atoms with Crippen molar-refractivity contribution in [3.8, 4) is 0 Å². The highest BCUT2D eigenvalue weighted by molar-refractivity contribution is 8.22. The Hall–Kier alpha value is -0.0600. The van der Waals surface area contributed by atoms with Crippen molar-refractivity contribution in [1.29, 1.82) is 0 Å². The van der Waals surface area contributed by atoms with E-state index in [4.69, 9.17) is 12.2 Å². The first-order valence-corrected chi connectivity index (χ1v) is 5.84. The topological polar surface area (TPSA) is 3.24 Å². The number of hydrogen-bond acceptors (Lipinski definition) is 3. The summed E-state index contributed by atoms with van der Waals surface area (Å²) in [6.07, 6.45) is 0. The molecule has 1 nitrogen and oxygen atoms in total. The maximum Gasteiger partial charge on any atom is 0.136 e. The normalized spacial score (nSPS) is 9.83. The maximum absolute atomic E-state index is 5.14. The van der Waals surface area contributed by atoms with Gasteiger partial charge in [-0.2, -0.15) is 0 Å². The van der Waals surface area contributed by atoms with E-state index in [1.165, 1.54) is 4.88 Å². The highest BCUT2D eigenvalue weighted by Gasteiger charge is 2.00. The lowest BCUT2D eigenvalue weighted by molar-refractivity contribution is 0.648. The van der Waals surface area contributed by atoms with Crippen molar-refractivity contribution >= 4 is 39.6 Å². The van der Waals surface area contributed by atoms with Gasteiger partial charge in [-0.25, -0.2) is 0 Å². The maximum atomic E-state index is 5.14. The van der Waals surface area contributed by atoms with E-state index in [1.54, 1.807) is 23.1 Å². The van der Waals surface area contributed by atoms with Crippen molar-refractivity contribution < 1.29 is 0 Å². The van der Waals surface area contributed by atoms with Crippen molar-refractivity contribution in [2.45, 2.75) is 5.75 Å². The van der Waals surface area contributed by atoms with Crippen LogP contribution >= 0.6 is 35.3 Å². The molecule has 0 N–H and O–H groups in total. The van der Waals surface area contributed by atoms with Gasteiger partial charge in [0, 0.05) is 24.7 Å². The van der Waals surface area contributed by atoms with Crippen LogP contribution in [0, 0.1) is 0 Å². The summed E-state index contributed by atoms with van der Waals surface area (Å²) in [7, 11) is 3.95. The average Bonchev–Trinajstić information content (AvgIpc) is 2.51. The molecule has 1 aromatic rings. The fraction of sp³-hybridized carbons (Fsp3) is 0.375. The Morgan fingerprint density at radius 1 is 1.67 bits per heavy atom. The van der Waals surface area contributed by atoms with Crippen LogP contribution < -0.4 is 0 Å². The standard InChI is InChI=1S/C8H11NS3/c1-9(2)8(10)12-6-7-4-3-5-11-7/h3-5H,6H2,1-2H3. The van der Waals surface area contributed by atoms with Crippen LogP contribution in [0.2, 0.25) is 0 Å². The van der Waals surface area contributed by atoms with Gasteiger partial charge < -0.3 is 4.90 Å². The lowest BCUT2D eigenvalue weighted by Gasteiger charge is -2.11. The number of thioether (sulfide) groups is 1. The largest absolute Gasteiger partial charge is 0.364 e. The van der Waals surface area contributed by atoms with E-state index in [1.807, 2.05) is 19.0 Å². The van der Waals surface area contributed by atoms with Crippen molar-refractivity contribution in [2.75, 3.05) is 14.1 Å². The van der Waals surface area contributed by atoms with Crippen molar-refractivity contribution in [3.63, 3.8) is 0 Å². The SMILES string of the molecule is CN(C)C(=S)SCc1cccs1. The van der Waals surface area contributed by atoms with Gasteiger partial charge in [0.25, 0.3) is 0 Å². The molecule has 0 bridgehead atoms. The Morgan fingerprint density at radius 2 is 2.42 bits per heavy atom. The van der Waals surface area contributed by atoms with Gasteiger partial charge in [0.05, 0.1) is 0 Å². The van der Waals surface area contributed by atoms with Gasteiger partial charge in [-0.3, -0.25) is 0 Å². The zero-order valence-electron chi connectivity index (χ0n) is 7.11. The molecule has 1 rings (SSSR count). The van der Waals surface area contributed by atoms with Crippen LogP contribution in [0.3, 0.4) is 0 Å². The summed E-state index contributed by atoms with van der Waals surface area (Å²) in [6, 6.07) is 4.20. The molecule has 66 valence electrons. The predicted molar refractivity (Wildman–Crippen MR) is 61.9 cm³/mol. The van der Waals surface area contributed by atoms with E-state index < -0.39 is 0 Å². The van der Waals surface area contributed by atoms with Crippen LogP contribution in [0.5, 0.6) is 0 Å². The van der Waals surface area contributed by atoms with E-state index in [9.17, 15) is 0 Å². The van der Waals surface area contributed by atoms with Gasteiger partial charge in [0.2, 0.25) is 0 Å². The first-order valence-electron chi connectivity index (χ1n) is 3.56. The first-order chi connectivity index (χ1) is 5.70. The second kappa shape index (κ2) is 4.84. The van der Waals surface area contributed by atoms with E-state index in [2.05, 4.69) is 17.5 Å². The third-order valence-corrected chi connectivity index (χ3v) is 4.13. The van der Waals surface area contributed by atoms with Gasteiger partial charge in [-0.1, -0.05) is 30.0 Å². The number of rotatable bonds is 2. The fourth-order valence-corrected chi connectivity index (χ4v) is 2.39. The Labute approximate surface area is 86.8 Å². The van der Waals surface area contributed by atoms with Crippen LogP contribution in [0.1, 0.15) is 4.88 Å². The molecule has 4 heteroatoms. The third kappa shape index (κ3) is 3.13. The van der Waals surface area contributed by atoms with Crippen molar-refractivity contribution in [1.82, 2.24) is 4.90 Å². The van der Waals surface area contributed by atoms with Crippen LogP contribution in [0.4, 0.5) is 0 Å². The second-order valence-electron chi connectivity index (χ2n) is 2.53. The van der Waals surface area contributed by atoms with Crippen LogP contribution in [0.15, 0.2) is 17.5 Å². The van der Waals surface area contributed by atoms with Gasteiger partial charge in [0.15, 0.2) is 0 Å². The number of thiocarbonyl (C=S) groups is 1. The molecule has 0 spiro atoms. The minimum atomic E-state index is 0.948. The quantitative estimate of drug-likeness (QED) is 0.701. The molecule has 0 unspecified atom stereocenters. The summed E-state index contributed by atoms with van der Waals surface area (Å²) in [4.78, 5) is 3.34. The molecule has 12 heavy (non-hydrogen) atoms. The zero-order chi connectivity index (χ0) is 8.97. The van der Waals surface area contributed by atoms with Gasteiger partial charge in [0.1, 0.15) is 4.32 Å². The fourth-order valence-electron chi connectivity index (χ4n) is 0.657. The summed E-state index contributed by atoms with van der Waals surface area (Å²) in [5, 5.41) is 2.09. The van der Waals surface area contributed by atoms with Crippen molar-refractivity contribution in [2.24, 2.45) is 0 Å². The van der Waals surface area contributed by atoms with E-state index >= 15 is 0 Å². The summed E-state index contributed by atoms with van der Waals surface area (Å²) in [5.41, 5.74) is 0. The van der Waals surface area contributed by atoms with E-state index in [0.29, 0.717) is 0 Å². The number of hydrogen-bond donors (Lipinski definition) is 0. The monoisotopic (exact) mass is 217 g/mol. The lowest BCUT2D eigenvalue weighted by Crippen LogP contribution is -2.15. The molecule has 0 aliphatic rings. The smallest absolute Gasteiger partial charge is 0.136 e. The Balaban J connectivity index is 2.32. The zero-order valence-corrected chi connectivity index (χ0v) is 9.56. The Kier molecular flexibility index (Phi) is 4.05. The average molecular weight is 217 g/mol. The third-order valence-electron chi connectivity index (χ3n) is 1.28. The van der Waals surface area contributed by atoms with Crippen LogP contribution in [0.25, 0.3) is 0 Å². The summed E-state index contributed by atoms with van der Waals surface area (Å²) >= 11 is 8.63. The molecule has 1 aromatic heterocycles. The van der Waals surface area contributed by atoms with E-state index in [-0.39, 0.29) is 0 Å². The molecular weight excluding hydrogens is 206 g/mol. The Bertz CT molecular complexity index is 241. The highest BCUT2D eigenvalue weighted by atomic mass is 32.2. The molecule has 0 saturated heterocycles. The van der Waals surface area contributed by atoms with Crippen molar-refractivity contribution in [3.05, 3.63) is 22.4 Å². The molecule has 0 fully saturated rings. The summed E-state index contributed by atoms with van der Waals surface area (Å²) in [5.74, 6) is 0.995. The minimum Gasteiger partial charge on any atom is -0.364 e. The molecule has 0 aromatic carbocycles. The molecule has 0 amide bonds. The Morgan fingerprint density at radius 3 is 2.92 bits per heavy atom. The van der Waals surface area contributed by atoms with E-state index in [0.717, 1.165) is 10.1 Å². The molecule has 0 aliphatic carbocycles. The molecular formula is C8H11NS3. The first kappa shape index (κ1) is 10.0. The second-order valence-corrected chi connectivity index (χ2v) is 5.17. The number of thiophene rings is 1. The number of nitrogens with zero attached hydrogens (tertiary/aromatic N) is 1. The molecule has 0 aliphatic heterocycles. The van der Waals surface area contributed by atoms with Crippen LogP contribution in [-0.4, -0.2) is 23.3 Å². The molecule has 0 atom stereocenters.